The third-order valence-electron chi connectivity index (χ3n) is 2.95. The van der Waals surface area contributed by atoms with Gasteiger partial charge in [0.15, 0.2) is 5.69 Å². The van der Waals surface area contributed by atoms with Crippen LogP contribution in [0.25, 0.3) is 0 Å². The van der Waals surface area contributed by atoms with Gasteiger partial charge in [0, 0.05) is 25.8 Å². The van der Waals surface area contributed by atoms with Gasteiger partial charge in [-0.05, 0) is 25.7 Å². The van der Waals surface area contributed by atoms with E-state index in [0.29, 0.717) is 25.6 Å². The number of rotatable bonds is 8. The van der Waals surface area contributed by atoms with E-state index < -0.39 is 11.9 Å². The highest BCUT2D eigenvalue weighted by molar-refractivity contribution is 5.43. The van der Waals surface area contributed by atoms with Crippen LogP contribution in [0.1, 0.15) is 25.5 Å². The van der Waals surface area contributed by atoms with Gasteiger partial charge in [-0.2, -0.15) is 18.2 Å². The molecule has 0 spiro atoms. The van der Waals surface area contributed by atoms with Crippen molar-refractivity contribution in [3.05, 3.63) is 11.8 Å². The molecule has 118 valence electrons. The summed E-state index contributed by atoms with van der Waals surface area (Å²) >= 11 is 0. The number of ether oxygens (including phenoxy) is 1. The van der Waals surface area contributed by atoms with Gasteiger partial charge in [-0.3, -0.25) is 0 Å². The van der Waals surface area contributed by atoms with Crippen LogP contribution in [0.2, 0.25) is 0 Å². The second-order valence-electron chi connectivity index (χ2n) is 4.94. The lowest BCUT2D eigenvalue weighted by atomic mass is 10.3. The summed E-state index contributed by atoms with van der Waals surface area (Å²) in [5.41, 5.74) is -0.963. The van der Waals surface area contributed by atoms with Crippen LogP contribution in [0.4, 0.5) is 24.9 Å². The van der Waals surface area contributed by atoms with E-state index in [1.54, 1.807) is 6.92 Å². The maximum absolute atomic E-state index is 12.8. The van der Waals surface area contributed by atoms with E-state index in [2.05, 4.69) is 20.6 Å². The minimum absolute atomic E-state index is 0.0336. The Morgan fingerprint density at radius 3 is 2.67 bits per heavy atom. The van der Waals surface area contributed by atoms with Gasteiger partial charge in [-0.25, -0.2) is 4.98 Å². The number of hydrogen-bond acceptors (Lipinski definition) is 5. The topological polar surface area (TPSA) is 59.1 Å². The van der Waals surface area contributed by atoms with E-state index in [1.165, 1.54) is 12.8 Å². The number of halogens is 3. The van der Waals surface area contributed by atoms with Gasteiger partial charge in [0.05, 0.1) is 6.61 Å². The number of nitrogens with one attached hydrogen (secondary N) is 2. The maximum Gasteiger partial charge on any atom is 0.433 e. The minimum atomic E-state index is -4.49. The first-order valence-corrected chi connectivity index (χ1v) is 7.01. The molecular formula is C13H19F3N4O. The molecule has 0 unspecified atom stereocenters. The Morgan fingerprint density at radius 1 is 1.29 bits per heavy atom. The van der Waals surface area contributed by atoms with Crippen molar-refractivity contribution in [1.29, 1.82) is 0 Å². The van der Waals surface area contributed by atoms with Gasteiger partial charge in [-0.1, -0.05) is 0 Å². The van der Waals surface area contributed by atoms with Crippen molar-refractivity contribution in [2.24, 2.45) is 5.92 Å². The highest BCUT2D eigenvalue weighted by atomic mass is 19.4. The fourth-order valence-corrected chi connectivity index (χ4v) is 1.71. The van der Waals surface area contributed by atoms with Gasteiger partial charge in [0.25, 0.3) is 0 Å². The van der Waals surface area contributed by atoms with E-state index in [-0.39, 0.29) is 11.8 Å². The van der Waals surface area contributed by atoms with Gasteiger partial charge in [0.2, 0.25) is 5.95 Å². The molecule has 8 heteroatoms. The highest BCUT2D eigenvalue weighted by Gasteiger charge is 2.33. The summed E-state index contributed by atoms with van der Waals surface area (Å²) in [5, 5.41) is 5.53. The number of aromatic nitrogens is 2. The van der Waals surface area contributed by atoms with E-state index in [9.17, 15) is 13.2 Å². The quantitative estimate of drug-likeness (QED) is 0.723. The fraction of sp³-hybridized carbons (Fsp3) is 0.692. The molecule has 0 saturated heterocycles. The smallest absolute Gasteiger partial charge is 0.379 e. The molecule has 0 radical (unpaired) electrons. The summed E-state index contributed by atoms with van der Waals surface area (Å²) in [6.45, 7) is 3.79. The summed E-state index contributed by atoms with van der Waals surface area (Å²) in [6.07, 6.45) is -2.08. The zero-order valence-corrected chi connectivity index (χ0v) is 11.8. The molecule has 0 amide bonds. The molecule has 21 heavy (non-hydrogen) atoms. The lowest BCUT2D eigenvalue weighted by molar-refractivity contribution is -0.141. The number of alkyl halides is 3. The van der Waals surface area contributed by atoms with Crippen LogP contribution in [0.5, 0.6) is 0 Å². The zero-order chi connectivity index (χ0) is 15.3. The molecule has 1 aromatic heterocycles. The molecule has 0 aromatic carbocycles. The first-order valence-electron chi connectivity index (χ1n) is 7.01. The Kier molecular flexibility index (Phi) is 5.22. The van der Waals surface area contributed by atoms with Crippen LogP contribution >= 0.6 is 0 Å². The average Bonchev–Trinajstić information content (AvgIpc) is 3.21. The Bertz CT molecular complexity index is 463. The zero-order valence-electron chi connectivity index (χ0n) is 11.8. The monoisotopic (exact) mass is 304 g/mol. The number of anilines is 2. The largest absolute Gasteiger partial charge is 0.433 e. The van der Waals surface area contributed by atoms with Gasteiger partial charge < -0.3 is 15.4 Å². The Balaban J connectivity index is 1.91. The lowest BCUT2D eigenvalue weighted by Crippen LogP contribution is -2.16. The van der Waals surface area contributed by atoms with Crippen molar-refractivity contribution in [2.45, 2.75) is 25.9 Å². The number of hydrogen-bond donors (Lipinski definition) is 2. The van der Waals surface area contributed by atoms with Crippen LogP contribution in [-0.2, 0) is 10.9 Å². The third-order valence-corrected chi connectivity index (χ3v) is 2.95. The van der Waals surface area contributed by atoms with Crippen molar-refractivity contribution >= 4 is 11.8 Å². The standard InChI is InChI=1S/C13H19F3N4O/c1-2-17-12-19-10(13(14,15)16)7-11(20-12)18-5-6-21-8-9-3-4-9/h7,9H,2-6,8H2,1H3,(H2,17,18,19,20). The van der Waals surface area contributed by atoms with Crippen LogP contribution in [0, 0.1) is 5.92 Å². The van der Waals surface area contributed by atoms with E-state index in [0.717, 1.165) is 12.7 Å². The average molecular weight is 304 g/mol. The maximum atomic E-state index is 12.8. The lowest BCUT2D eigenvalue weighted by Gasteiger charge is -2.12. The van der Waals surface area contributed by atoms with Crippen molar-refractivity contribution in [3.8, 4) is 0 Å². The second-order valence-corrected chi connectivity index (χ2v) is 4.94. The van der Waals surface area contributed by atoms with Crippen LogP contribution in [0.15, 0.2) is 6.07 Å². The minimum Gasteiger partial charge on any atom is -0.379 e. The van der Waals surface area contributed by atoms with Crippen molar-refractivity contribution in [1.82, 2.24) is 9.97 Å². The molecule has 5 nitrogen and oxygen atoms in total. The van der Waals surface area contributed by atoms with E-state index >= 15 is 0 Å². The highest BCUT2D eigenvalue weighted by Crippen LogP contribution is 2.30. The molecule has 1 fully saturated rings. The predicted octanol–water partition coefficient (Wildman–Crippen LogP) is 2.77. The van der Waals surface area contributed by atoms with Crippen molar-refractivity contribution < 1.29 is 17.9 Å². The summed E-state index contributed by atoms with van der Waals surface area (Å²) in [6, 6.07) is 0.904. The van der Waals surface area contributed by atoms with E-state index in [4.69, 9.17) is 4.74 Å². The van der Waals surface area contributed by atoms with Crippen LogP contribution in [0.3, 0.4) is 0 Å². The Labute approximate surface area is 121 Å². The molecule has 2 N–H and O–H groups in total. The predicted molar refractivity (Wildman–Crippen MR) is 73.2 cm³/mol. The van der Waals surface area contributed by atoms with Gasteiger partial charge in [-0.15, -0.1) is 0 Å². The molecule has 0 bridgehead atoms. The second kappa shape index (κ2) is 6.93. The Morgan fingerprint density at radius 2 is 2.05 bits per heavy atom. The third kappa shape index (κ3) is 5.37. The SMILES string of the molecule is CCNc1nc(NCCOCC2CC2)cc(C(F)(F)F)n1. The molecule has 1 aliphatic carbocycles. The summed E-state index contributed by atoms with van der Waals surface area (Å²) in [5.74, 6) is 0.776. The number of nitrogens with zero attached hydrogens (tertiary/aromatic N) is 2. The first-order chi connectivity index (χ1) is 9.99. The summed E-state index contributed by atoms with van der Waals surface area (Å²) in [4.78, 5) is 7.44. The summed E-state index contributed by atoms with van der Waals surface area (Å²) < 4.78 is 43.7. The van der Waals surface area contributed by atoms with Crippen molar-refractivity contribution in [2.75, 3.05) is 36.9 Å². The molecule has 1 aliphatic rings. The van der Waals surface area contributed by atoms with E-state index in [1.807, 2.05) is 0 Å². The molecule has 2 rings (SSSR count). The molecule has 1 saturated carbocycles. The van der Waals surface area contributed by atoms with Crippen LogP contribution < -0.4 is 10.6 Å². The molecular weight excluding hydrogens is 285 g/mol. The Hall–Kier alpha value is -1.57. The normalized spacial score (nSPS) is 15.0. The van der Waals surface area contributed by atoms with Crippen molar-refractivity contribution in [3.63, 3.8) is 0 Å². The van der Waals surface area contributed by atoms with Gasteiger partial charge in [0.1, 0.15) is 5.82 Å². The molecule has 1 heterocycles. The summed E-state index contributed by atoms with van der Waals surface area (Å²) in [7, 11) is 0. The first kappa shape index (κ1) is 15.8. The molecule has 1 aromatic rings. The molecule has 0 aliphatic heterocycles. The van der Waals surface area contributed by atoms with Gasteiger partial charge >= 0.3 is 6.18 Å². The van der Waals surface area contributed by atoms with Crippen LogP contribution in [-0.4, -0.2) is 36.3 Å². The molecule has 0 atom stereocenters. The fourth-order valence-electron chi connectivity index (χ4n) is 1.71.